The molecule has 0 heterocycles. The highest BCUT2D eigenvalue weighted by molar-refractivity contribution is 5.91. The van der Waals surface area contributed by atoms with Crippen molar-refractivity contribution >= 4 is 5.97 Å². The zero-order valence-electron chi connectivity index (χ0n) is 25.4. The number of unbranched alkanes of at least 4 members (excludes halogenated alkanes) is 15. The van der Waals surface area contributed by atoms with Crippen LogP contribution in [0.2, 0.25) is 0 Å². The fraction of sp³-hybridized carbons (Fsp3) is 0.639. The van der Waals surface area contributed by atoms with E-state index < -0.39 is 0 Å². The second-order valence-electron chi connectivity index (χ2n) is 11.2. The Balaban J connectivity index is 1.47. The van der Waals surface area contributed by atoms with Gasteiger partial charge in [0.05, 0.1) is 11.7 Å². The summed E-state index contributed by atoms with van der Waals surface area (Å²) in [6.07, 6.45) is 24.2. The summed E-state index contributed by atoms with van der Waals surface area (Å²) >= 11 is 0. The van der Waals surface area contributed by atoms with E-state index >= 15 is 0 Å². The normalized spacial score (nSPS) is 12.0. The molecule has 0 radical (unpaired) electrons. The van der Waals surface area contributed by atoms with Crippen molar-refractivity contribution in [2.24, 2.45) is 0 Å². The predicted octanol–water partition coefficient (Wildman–Crippen LogP) is 11.2. The van der Waals surface area contributed by atoms with Crippen LogP contribution in [0.25, 0.3) is 0 Å². The first-order chi connectivity index (χ1) is 19.1. The number of hydrogen-bond acceptors (Lipinski definition) is 3. The monoisotopic (exact) mass is 536 g/mol. The van der Waals surface area contributed by atoms with Gasteiger partial charge in [-0.05, 0) is 55.2 Å². The minimum Gasteiger partial charge on any atom is -0.423 e. The van der Waals surface area contributed by atoms with Crippen LogP contribution in [0.1, 0.15) is 158 Å². The van der Waals surface area contributed by atoms with E-state index in [1.807, 2.05) is 48.5 Å². The number of carbonyl (C=O) groups excluding carboxylic acids is 1. The Kier molecular flexibility index (Phi) is 18.4. The smallest absolute Gasteiger partial charge is 0.343 e. The predicted molar refractivity (Wildman–Crippen MR) is 166 cm³/mol. The number of aryl methyl sites for hydroxylation is 1. The van der Waals surface area contributed by atoms with Crippen LogP contribution in [0.15, 0.2) is 48.5 Å². The Labute approximate surface area is 240 Å². The van der Waals surface area contributed by atoms with Gasteiger partial charge in [0.25, 0.3) is 0 Å². The Bertz CT molecular complexity index is 856. The molecule has 2 rings (SSSR count). The van der Waals surface area contributed by atoms with Crippen molar-refractivity contribution in [2.75, 3.05) is 6.61 Å². The highest BCUT2D eigenvalue weighted by Gasteiger charge is 2.11. The summed E-state index contributed by atoms with van der Waals surface area (Å²) < 4.78 is 11.6. The highest BCUT2D eigenvalue weighted by atomic mass is 16.5. The lowest BCUT2D eigenvalue weighted by Gasteiger charge is -2.14. The molecule has 2 aromatic rings. The topological polar surface area (TPSA) is 35.5 Å². The number of rotatable bonds is 23. The molecular formula is C36H56O3. The molecule has 0 spiro atoms. The van der Waals surface area contributed by atoms with Gasteiger partial charge in [-0.15, -0.1) is 0 Å². The van der Waals surface area contributed by atoms with E-state index in [0.717, 1.165) is 31.4 Å². The Morgan fingerprint density at radius 1 is 0.615 bits per heavy atom. The molecule has 3 heteroatoms. The van der Waals surface area contributed by atoms with Crippen molar-refractivity contribution in [3.63, 3.8) is 0 Å². The maximum absolute atomic E-state index is 12.5. The third-order valence-electron chi connectivity index (χ3n) is 7.65. The summed E-state index contributed by atoms with van der Waals surface area (Å²) in [6, 6.07) is 15.4. The van der Waals surface area contributed by atoms with Crippen molar-refractivity contribution in [1.82, 2.24) is 0 Å². The zero-order chi connectivity index (χ0) is 28.0. The molecule has 1 unspecified atom stereocenters. The molecule has 0 aliphatic carbocycles. The molecule has 1 atom stereocenters. The van der Waals surface area contributed by atoms with Crippen molar-refractivity contribution in [2.45, 2.75) is 142 Å². The van der Waals surface area contributed by atoms with E-state index in [1.54, 1.807) is 0 Å². The van der Waals surface area contributed by atoms with Gasteiger partial charge >= 0.3 is 5.97 Å². The second kappa shape index (κ2) is 21.7. The average molecular weight is 537 g/mol. The van der Waals surface area contributed by atoms with E-state index in [4.69, 9.17) is 9.47 Å². The van der Waals surface area contributed by atoms with Gasteiger partial charge < -0.3 is 9.47 Å². The summed E-state index contributed by atoms with van der Waals surface area (Å²) in [7, 11) is 0. The van der Waals surface area contributed by atoms with Crippen LogP contribution in [-0.4, -0.2) is 12.6 Å². The van der Waals surface area contributed by atoms with Gasteiger partial charge in [-0.3, -0.25) is 0 Å². The minimum atomic E-state index is -0.327. The fourth-order valence-corrected chi connectivity index (χ4v) is 5.08. The molecule has 3 nitrogen and oxygen atoms in total. The summed E-state index contributed by atoms with van der Waals surface area (Å²) in [5.41, 5.74) is 2.91. The van der Waals surface area contributed by atoms with Crippen molar-refractivity contribution < 1.29 is 14.3 Å². The van der Waals surface area contributed by atoms with Crippen LogP contribution >= 0.6 is 0 Å². The first-order valence-corrected chi connectivity index (χ1v) is 16.2. The van der Waals surface area contributed by atoms with Gasteiger partial charge in [-0.1, -0.05) is 141 Å². The lowest BCUT2D eigenvalue weighted by molar-refractivity contribution is 0.0626. The second-order valence-corrected chi connectivity index (χ2v) is 11.2. The molecule has 0 fully saturated rings. The number of benzene rings is 2. The van der Waals surface area contributed by atoms with E-state index in [-0.39, 0.29) is 12.1 Å². The van der Waals surface area contributed by atoms with Crippen LogP contribution in [0.4, 0.5) is 0 Å². The molecule has 0 N–H and O–H groups in total. The van der Waals surface area contributed by atoms with Crippen LogP contribution in [0, 0.1) is 0 Å². The molecule has 0 aromatic heterocycles. The maximum atomic E-state index is 12.5. The van der Waals surface area contributed by atoms with Gasteiger partial charge in [0, 0.05) is 6.61 Å². The minimum absolute atomic E-state index is 0.0255. The molecule has 218 valence electrons. The van der Waals surface area contributed by atoms with Crippen LogP contribution in [0.5, 0.6) is 5.75 Å². The first kappa shape index (κ1) is 33.1. The summed E-state index contributed by atoms with van der Waals surface area (Å²) in [6.45, 7) is 7.31. The van der Waals surface area contributed by atoms with E-state index in [2.05, 4.69) is 20.8 Å². The molecule has 0 saturated heterocycles. The first-order valence-electron chi connectivity index (χ1n) is 16.2. The van der Waals surface area contributed by atoms with Crippen LogP contribution in [-0.2, 0) is 11.2 Å². The van der Waals surface area contributed by atoms with Crippen LogP contribution in [0.3, 0.4) is 0 Å². The quantitative estimate of drug-likeness (QED) is 0.0804. The van der Waals surface area contributed by atoms with Crippen molar-refractivity contribution in [1.29, 1.82) is 0 Å². The van der Waals surface area contributed by atoms with Gasteiger partial charge in [0.15, 0.2) is 0 Å². The average Bonchev–Trinajstić information content (AvgIpc) is 2.96. The number of hydrogen-bond donors (Lipinski definition) is 0. The fourth-order valence-electron chi connectivity index (χ4n) is 5.08. The third-order valence-corrected chi connectivity index (χ3v) is 7.65. The lowest BCUT2D eigenvalue weighted by Crippen LogP contribution is -2.09. The van der Waals surface area contributed by atoms with E-state index in [1.165, 1.54) is 102 Å². The molecular weight excluding hydrogens is 480 g/mol. The molecule has 39 heavy (non-hydrogen) atoms. The highest BCUT2D eigenvalue weighted by Crippen LogP contribution is 2.20. The lowest BCUT2D eigenvalue weighted by atomic mass is 10.0. The Morgan fingerprint density at radius 2 is 1.10 bits per heavy atom. The molecule has 0 aliphatic rings. The molecule has 0 aliphatic heterocycles. The van der Waals surface area contributed by atoms with E-state index in [0.29, 0.717) is 11.3 Å². The van der Waals surface area contributed by atoms with Crippen LogP contribution < -0.4 is 4.74 Å². The number of carbonyl (C=O) groups is 1. The molecule has 0 saturated carbocycles. The zero-order valence-corrected chi connectivity index (χ0v) is 25.4. The summed E-state index contributed by atoms with van der Waals surface area (Å²) in [4.78, 5) is 12.5. The maximum Gasteiger partial charge on any atom is 0.343 e. The summed E-state index contributed by atoms with van der Waals surface area (Å²) in [5.74, 6) is 0.256. The molecule has 0 bridgehead atoms. The molecule has 2 aromatic carbocycles. The third kappa shape index (κ3) is 15.3. The van der Waals surface area contributed by atoms with Crippen molar-refractivity contribution in [3.8, 4) is 5.75 Å². The van der Waals surface area contributed by atoms with Gasteiger partial charge in [0.2, 0.25) is 0 Å². The standard InChI is InChI=1S/C36H56O3/c1-4-6-7-8-9-10-11-12-13-14-15-16-17-18-19-20-30-38-31(3)33-24-26-34(27-25-33)36(37)39-35-28-22-32(21-5-2)23-29-35/h22-29,31H,4-21,30H2,1-3H3. The van der Waals surface area contributed by atoms with Crippen molar-refractivity contribution in [3.05, 3.63) is 65.2 Å². The van der Waals surface area contributed by atoms with Gasteiger partial charge in [-0.2, -0.15) is 0 Å². The summed E-state index contributed by atoms with van der Waals surface area (Å²) in [5, 5.41) is 0. The van der Waals surface area contributed by atoms with E-state index in [9.17, 15) is 4.79 Å². The molecule has 0 amide bonds. The Morgan fingerprint density at radius 3 is 1.59 bits per heavy atom. The van der Waals surface area contributed by atoms with Gasteiger partial charge in [0.1, 0.15) is 5.75 Å². The number of ether oxygens (including phenoxy) is 2. The largest absolute Gasteiger partial charge is 0.423 e. The number of esters is 1. The Hall–Kier alpha value is -2.13. The SMILES string of the molecule is CCCCCCCCCCCCCCCCCCOC(C)c1ccc(C(=O)Oc2ccc(CCC)cc2)cc1. The van der Waals surface area contributed by atoms with Gasteiger partial charge in [-0.25, -0.2) is 4.79 Å².